The van der Waals surface area contributed by atoms with Gasteiger partial charge >= 0.3 is 12.1 Å². The van der Waals surface area contributed by atoms with Crippen LogP contribution in [0.15, 0.2) is 102 Å². The molecule has 4 heterocycles. The monoisotopic (exact) mass is 794 g/mol. The molecule has 0 spiro atoms. The number of nitrogens with one attached hydrogen (secondary N) is 3. The van der Waals surface area contributed by atoms with Gasteiger partial charge in [-0.3, -0.25) is 9.69 Å². The van der Waals surface area contributed by atoms with Crippen LogP contribution < -0.4 is 20.9 Å². The van der Waals surface area contributed by atoms with Crippen molar-refractivity contribution < 1.29 is 34.0 Å². The minimum Gasteiger partial charge on any atom is -0.506 e. The summed E-state index contributed by atoms with van der Waals surface area (Å²) >= 11 is 6.52. The number of H-pyrrole nitrogens is 1. The van der Waals surface area contributed by atoms with E-state index < -0.39 is 24.2 Å². The second kappa shape index (κ2) is 18.7. The van der Waals surface area contributed by atoms with Crippen LogP contribution in [-0.2, 0) is 16.1 Å². The molecule has 4 aromatic carbocycles. The SMILES string of the molecule is O=C(NC(c1ccccc1)c1cccc(OCc2ccc(C(=O)OCCCCNC[C@H](O)c3ccc(O)c4[nH]c(=O)ccc34)c(Cl)c2)c1)O[C@H]1CN2CCC1CC2. The number of carbonyl (C=O) groups is 2. The number of rotatable bonds is 16. The number of carbonyl (C=O) groups excluding carboxylic acids is 2. The van der Waals surface area contributed by atoms with Gasteiger partial charge in [0, 0.05) is 24.5 Å². The zero-order valence-corrected chi connectivity index (χ0v) is 32.3. The van der Waals surface area contributed by atoms with Crippen molar-refractivity contribution in [3.8, 4) is 11.5 Å². The van der Waals surface area contributed by atoms with E-state index in [2.05, 4.69) is 20.5 Å². The molecule has 3 aliphatic heterocycles. The molecule has 298 valence electrons. The van der Waals surface area contributed by atoms with E-state index >= 15 is 0 Å². The van der Waals surface area contributed by atoms with Gasteiger partial charge in [0.25, 0.3) is 0 Å². The van der Waals surface area contributed by atoms with Crippen LogP contribution in [0.3, 0.4) is 0 Å². The van der Waals surface area contributed by atoms with Crippen molar-refractivity contribution in [1.82, 2.24) is 20.5 Å². The van der Waals surface area contributed by atoms with Gasteiger partial charge in [-0.2, -0.15) is 0 Å². The Labute approximate surface area is 335 Å². The summed E-state index contributed by atoms with van der Waals surface area (Å²) in [7, 11) is 0. The number of hydrogen-bond donors (Lipinski definition) is 5. The average molecular weight is 795 g/mol. The average Bonchev–Trinajstić information content (AvgIpc) is 3.22. The van der Waals surface area contributed by atoms with E-state index in [4.69, 9.17) is 25.8 Å². The van der Waals surface area contributed by atoms with Crippen molar-refractivity contribution in [2.45, 2.75) is 50.5 Å². The lowest BCUT2D eigenvalue weighted by atomic mass is 9.86. The molecular formula is C44H47ClN4O8. The van der Waals surface area contributed by atoms with Crippen molar-refractivity contribution in [1.29, 1.82) is 0 Å². The first kappa shape index (κ1) is 39.8. The second-order valence-corrected chi connectivity index (χ2v) is 15.0. The highest BCUT2D eigenvalue weighted by molar-refractivity contribution is 6.33. The van der Waals surface area contributed by atoms with E-state index in [1.54, 1.807) is 30.3 Å². The Hall–Kier alpha value is -5.40. The van der Waals surface area contributed by atoms with Crippen LogP contribution in [-0.4, -0.2) is 77.6 Å². The molecule has 1 amide bonds. The number of phenolic OH excluding ortho intramolecular Hbond substituents is 1. The number of esters is 1. The Morgan fingerprint density at radius 1 is 0.930 bits per heavy atom. The lowest BCUT2D eigenvalue weighted by Gasteiger charge is -2.43. The fraction of sp³-hybridized carbons (Fsp3) is 0.341. The van der Waals surface area contributed by atoms with Crippen LogP contribution in [0.1, 0.15) is 70.4 Å². The molecule has 1 unspecified atom stereocenters. The number of fused-ring (bicyclic) bond motifs is 4. The van der Waals surface area contributed by atoms with Gasteiger partial charge in [-0.05, 0) is 110 Å². The lowest BCUT2D eigenvalue weighted by molar-refractivity contribution is -0.0336. The molecule has 5 aromatic rings. The van der Waals surface area contributed by atoms with Gasteiger partial charge in [0.1, 0.15) is 24.2 Å². The summed E-state index contributed by atoms with van der Waals surface area (Å²) < 4.78 is 17.6. The van der Waals surface area contributed by atoms with Crippen LogP contribution in [0.25, 0.3) is 10.9 Å². The fourth-order valence-electron chi connectivity index (χ4n) is 7.60. The van der Waals surface area contributed by atoms with Crippen molar-refractivity contribution in [2.75, 3.05) is 39.3 Å². The van der Waals surface area contributed by atoms with E-state index in [0.29, 0.717) is 42.0 Å². The minimum absolute atomic E-state index is 0.0623. The molecule has 5 N–H and O–H groups in total. The number of phenols is 1. The highest BCUT2D eigenvalue weighted by Crippen LogP contribution is 2.32. The maximum Gasteiger partial charge on any atom is 0.408 e. The van der Waals surface area contributed by atoms with Crippen LogP contribution in [0.5, 0.6) is 11.5 Å². The fourth-order valence-corrected chi connectivity index (χ4v) is 7.88. The number of aliphatic hydroxyl groups is 1. The predicted octanol–water partition coefficient (Wildman–Crippen LogP) is 6.64. The summed E-state index contributed by atoms with van der Waals surface area (Å²) in [6.45, 7) is 4.17. The summed E-state index contributed by atoms with van der Waals surface area (Å²) in [4.78, 5) is 42.7. The minimum atomic E-state index is -0.858. The molecule has 0 radical (unpaired) electrons. The van der Waals surface area contributed by atoms with E-state index in [0.717, 1.165) is 49.2 Å². The summed E-state index contributed by atoms with van der Waals surface area (Å²) in [6, 6.07) is 28.0. The number of hydrogen-bond acceptors (Lipinski definition) is 10. The summed E-state index contributed by atoms with van der Waals surface area (Å²) in [5.41, 5.74) is 3.32. The van der Waals surface area contributed by atoms with Gasteiger partial charge in [0.05, 0.1) is 34.9 Å². The normalized spacial score (nSPS) is 18.5. The maximum atomic E-state index is 13.2. The van der Waals surface area contributed by atoms with Gasteiger partial charge in [0.2, 0.25) is 5.56 Å². The molecule has 3 fully saturated rings. The van der Waals surface area contributed by atoms with Crippen LogP contribution in [0, 0.1) is 5.92 Å². The zero-order chi connectivity index (χ0) is 39.7. The number of nitrogens with zero attached hydrogens (tertiary/aromatic N) is 1. The number of pyridine rings is 1. The lowest BCUT2D eigenvalue weighted by Crippen LogP contribution is -2.52. The molecule has 3 saturated heterocycles. The van der Waals surface area contributed by atoms with Crippen molar-refractivity contribution in [2.24, 2.45) is 5.92 Å². The largest absolute Gasteiger partial charge is 0.506 e. The number of alkyl carbamates (subject to hydrolysis) is 1. The molecule has 3 atom stereocenters. The number of aromatic nitrogens is 1. The van der Waals surface area contributed by atoms with Gasteiger partial charge in [0.15, 0.2) is 0 Å². The Balaban J connectivity index is 0.862. The Morgan fingerprint density at radius 2 is 1.74 bits per heavy atom. The molecule has 3 aliphatic rings. The third-order valence-electron chi connectivity index (χ3n) is 10.7. The number of halogens is 1. The van der Waals surface area contributed by atoms with E-state index in [1.807, 2.05) is 54.6 Å². The molecule has 12 nitrogen and oxygen atoms in total. The van der Waals surface area contributed by atoms with E-state index in [-0.39, 0.29) is 53.3 Å². The number of amides is 1. The molecule has 57 heavy (non-hydrogen) atoms. The summed E-state index contributed by atoms with van der Waals surface area (Å²) in [6.07, 6.45) is 2.01. The van der Waals surface area contributed by atoms with Crippen molar-refractivity contribution in [3.63, 3.8) is 0 Å². The first-order chi connectivity index (χ1) is 27.7. The quantitative estimate of drug-likeness (QED) is 0.0541. The summed E-state index contributed by atoms with van der Waals surface area (Å²) in [5, 5.41) is 27.9. The Kier molecular flexibility index (Phi) is 13.1. The Morgan fingerprint density at radius 3 is 2.51 bits per heavy atom. The van der Waals surface area contributed by atoms with E-state index in [1.165, 1.54) is 12.1 Å². The third kappa shape index (κ3) is 10.1. The highest BCUT2D eigenvalue weighted by atomic mass is 35.5. The number of aromatic hydroxyl groups is 1. The standard InChI is InChI=1S/C44H47ClN4O8/c45-36-23-28(11-12-35(36)43(53)55-22-5-4-19-46-25-38(51)33-13-15-37(50)42-34(33)14-16-40(52)47-42)27-56-32-10-6-9-31(24-32)41(30-7-2-1-3-8-30)48-44(54)57-39-26-49-20-17-29(39)18-21-49/h1-3,6-16,23-24,29,38-39,41,46,50-51H,4-5,17-22,25-27H2,(H,47,52)(H,48,54)/t38-,39-,41?/m0/s1. The van der Waals surface area contributed by atoms with Gasteiger partial charge in [-0.1, -0.05) is 66.2 Å². The van der Waals surface area contributed by atoms with Gasteiger partial charge < -0.3 is 40.0 Å². The molecule has 2 bridgehead atoms. The predicted molar refractivity (Wildman–Crippen MR) is 217 cm³/mol. The van der Waals surface area contributed by atoms with Gasteiger partial charge in [-0.25, -0.2) is 9.59 Å². The molecule has 0 aliphatic carbocycles. The zero-order valence-electron chi connectivity index (χ0n) is 31.5. The van der Waals surface area contributed by atoms with Crippen LogP contribution in [0.2, 0.25) is 5.02 Å². The third-order valence-corrected chi connectivity index (χ3v) is 11.0. The number of unbranched alkanes of at least 4 members (excludes halogenated alkanes) is 1. The molecule has 0 saturated carbocycles. The van der Waals surface area contributed by atoms with Gasteiger partial charge in [-0.15, -0.1) is 0 Å². The number of benzene rings is 4. The van der Waals surface area contributed by atoms with Crippen LogP contribution >= 0.6 is 11.6 Å². The maximum absolute atomic E-state index is 13.2. The smallest absolute Gasteiger partial charge is 0.408 e. The molecule has 1 aromatic heterocycles. The van der Waals surface area contributed by atoms with Crippen molar-refractivity contribution >= 4 is 34.6 Å². The Bertz CT molecular complexity index is 2230. The number of ether oxygens (including phenoxy) is 3. The number of aliphatic hydroxyl groups excluding tert-OH is 1. The number of aromatic amines is 1. The van der Waals surface area contributed by atoms with Crippen LogP contribution in [0.4, 0.5) is 4.79 Å². The summed E-state index contributed by atoms with van der Waals surface area (Å²) in [5.74, 6) is 0.433. The molecular weight excluding hydrogens is 748 g/mol. The van der Waals surface area contributed by atoms with Crippen molar-refractivity contribution in [3.05, 3.63) is 140 Å². The highest BCUT2D eigenvalue weighted by Gasteiger charge is 2.37. The number of piperidine rings is 3. The second-order valence-electron chi connectivity index (χ2n) is 14.6. The molecule has 13 heteroatoms. The topological polar surface area (TPSA) is 162 Å². The van der Waals surface area contributed by atoms with E-state index in [9.17, 15) is 24.6 Å². The first-order valence-electron chi connectivity index (χ1n) is 19.4. The molecule has 8 rings (SSSR count). The first-order valence-corrected chi connectivity index (χ1v) is 19.8.